The molecule has 0 aliphatic rings. The van der Waals surface area contributed by atoms with Crippen LogP contribution in [-0.2, 0) is 4.79 Å². The van der Waals surface area contributed by atoms with Gasteiger partial charge in [0.25, 0.3) is 0 Å². The number of carbonyl (C=O) groups excluding carboxylic acids is 1. The van der Waals surface area contributed by atoms with Crippen LogP contribution in [0.25, 0.3) is 16.9 Å². The largest absolute Gasteiger partial charge is 0.326 e. The summed E-state index contributed by atoms with van der Waals surface area (Å²) in [5, 5.41) is 2.98. The second-order valence-corrected chi connectivity index (χ2v) is 7.46. The minimum Gasteiger partial charge on any atom is -0.326 e. The van der Waals surface area contributed by atoms with E-state index < -0.39 is 0 Å². The van der Waals surface area contributed by atoms with Crippen LogP contribution in [-0.4, -0.2) is 15.3 Å². The Labute approximate surface area is 142 Å². The average Bonchev–Trinajstić information content (AvgIpc) is 2.88. The van der Waals surface area contributed by atoms with E-state index in [4.69, 9.17) is 0 Å². The standard InChI is InChI=1S/C20H23N3O/c1-14-8-9-23-13-17(22-18(23)10-14)15-6-5-7-16(11-15)21-19(24)12-20(2,3)4/h5-11,13H,12H2,1-4H3,(H,21,24). The molecule has 3 aromatic rings. The van der Waals surface area contributed by atoms with Gasteiger partial charge in [-0.25, -0.2) is 4.98 Å². The fraction of sp³-hybridized carbons (Fsp3) is 0.300. The summed E-state index contributed by atoms with van der Waals surface area (Å²) in [6.45, 7) is 8.23. The molecular formula is C20H23N3O. The summed E-state index contributed by atoms with van der Waals surface area (Å²) in [5.41, 5.74) is 4.77. The zero-order chi connectivity index (χ0) is 17.3. The predicted molar refractivity (Wildman–Crippen MR) is 98.1 cm³/mol. The maximum Gasteiger partial charge on any atom is 0.224 e. The number of aryl methyl sites for hydroxylation is 1. The highest BCUT2D eigenvalue weighted by atomic mass is 16.1. The second-order valence-electron chi connectivity index (χ2n) is 7.46. The van der Waals surface area contributed by atoms with Crippen LogP contribution in [0.1, 0.15) is 32.8 Å². The van der Waals surface area contributed by atoms with E-state index in [1.165, 1.54) is 5.56 Å². The Kier molecular flexibility index (Phi) is 4.14. The molecule has 0 aliphatic heterocycles. The molecule has 0 aliphatic carbocycles. The van der Waals surface area contributed by atoms with E-state index in [0.717, 1.165) is 22.6 Å². The minimum atomic E-state index is -0.0266. The van der Waals surface area contributed by atoms with Gasteiger partial charge in [-0.1, -0.05) is 32.9 Å². The van der Waals surface area contributed by atoms with Crippen molar-refractivity contribution in [2.24, 2.45) is 5.41 Å². The SMILES string of the molecule is Cc1ccn2cc(-c3cccc(NC(=O)CC(C)(C)C)c3)nc2c1. The fourth-order valence-corrected chi connectivity index (χ4v) is 2.67. The van der Waals surface area contributed by atoms with Crippen molar-refractivity contribution in [1.82, 2.24) is 9.38 Å². The van der Waals surface area contributed by atoms with Crippen LogP contribution in [0.15, 0.2) is 48.8 Å². The Morgan fingerprint density at radius 3 is 2.75 bits per heavy atom. The van der Waals surface area contributed by atoms with Gasteiger partial charge in [-0.15, -0.1) is 0 Å². The molecule has 1 aromatic carbocycles. The number of amides is 1. The molecule has 0 unspecified atom stereocenters. The first-order valence-corrected chi connectivity index (χ1v) is 8.16. The van der Waals surface area contributed by atoms with Crippen LogP contribution in [0.3, 0.4) is 0 Å². The van der Waals surface area contributed by atoms with Crippen LogP contribution in [0, 0.1) is 12.3 Å². The lowest BCUT2D eigenvalue weighted by Gasteiger charge is -2.17. The monoisotopic (exact) mass is 321 g/mol. The van der Waals surface area contributed by atoms with E-state index in [1.54, 1.807) is 0 Å². The highest BCUT2D eigenvalue weighted by molar-refractivity contribution is 5.91. The zero-order valence-electron chi connectivity index (χ0n) is 14.6. The number of anilines is 1. The lowest BCUT2D eigenvalue weighted by atomic mass is 9.92. The fourth-order valence-electron chi connectivity index (χ4n) is 2.67. The third kappa shape index (κ3) is 3.82. The molecule has 0 atom stereocenters. The molecule has 1 amide bonds. The first kappa shape index (κ1) is 16.2. The normalized spacial score (nSPS) is 11.7. The van der Waals surface area contributed by atoms with E-state index in [0.29, 0.717) is 6.42 Å². The Bertz CT molecular complexity index is 887. The van der Waals surface area contributed by atoms with Gasteiger partial charge in [-0.3, -0.25) is 4.79 Å². The summed E-state index contributed by atoms with van der Waals surface area (Å²) in [4.78, 5) is 16.8. The molecule has 0 bridgehead atoms. The summed E-state index contributed by atoms with van der Waals surface area (Å²) in [6.07, 6.45) is 4.51. The van der Waals surface area contributed by atoms with Crippen molar-refractivity contribution in [3.63, 3.8) is 0 Å². The quantitative estimate of drug-likeness (QED) is 0.761. The first-order chi connectivity index (χ1) is 11.3. The van der Waals surface area contributed by atoms with E-state index >= 15 is 0 Å². The molecule has 124 valence electrons. The van der Waals surface area contributed by atoms with Crippen molar-refractivity contribution < 1.29 is 4.79 Å². The summed E-state index contributed by atoms with van der Waals surface area (Å²) in [6, 6.07) is 11.9. The number of nitrogens with zero attached hydrogens (tertiary/aromatic N) is 2. The molecule has 0 radical (unpaired) electrons. The number of nitrogens with one attached hydrogen (secondary N) is 1. The van der Waals surface area contributed by atoms with Crippen LogP contribution in [0.2, 0.25) is 0 Å². The van der Waals surface area contributed by atoms with Crippen molar-refractivity contribution in [1.29, 1.82) is 0 Å². The first-order valence-electron chi connectivity index (χ1n) is 8.16. The lowest BCUT2D eigenvalue weighted by Crippen LogP contribution is -2.19. The third-order valence-corrected chi connectivity index (χ3v) is 3.75. The van der Waals surface area contributed by atoms with Gasteiger partial charge in [0.05, 0.1) is 5.69 Å². The summed E-state index contributed by atoms with van der Waals surface area (Å²) in [5.74, 6) is 0.0327. The number of hydrogen-bond donors (Lipinski definition) is 1. The molecule has 0 saturated carbocycles. The predicted octanol–water partition coefficient (Wildman–Crippen LogP) is 4.68. The number of carbonyl (C=O) groups is 1. The lowest BCUT2D eigenvalue weighted by molar-refractivity contribution is -0.117. The van der Waals surface area contributed by atoms with Crippen molar-refractivity contribution in [3.8, 4) is 11.3 Å². The van der Waals surface area contributed by atoms with Gasteiger partial charge < -0.3 is 9.72 Å². The van der Waals surface area contributed by atoms with E-state index in [2.05, 4.69) is 50.1 Å². The van der Waals surface area contributed by atoms with E-state index in [-0.39, 0.29) is 11.3 Å². The molecule has 24 heavy (non-hydrogen) atoms. The van der Waals surface area contributed by atoms with Gasteiger partial charge >= 0.3 is 0 Å². The van der Waals surface area contributed by atoms with Gasteiger partial charge in [-0.05, 0) is 42.2 Å². The Balaban J connectivity index is 1.85. The maximum atomic E-state index is 12.1. The van der Waals surface area contributed by atoms with Crippen molar-refractivity contribution in [2.45, 2.75) is 34.1 Å². The Hall–Kier alpha value is -2.62. The molecule has 2 aromatic heterocycles. The average molecular weight is 321 g/mol. The minimum absolute atomic E-state index is 0.0266. The van der Waals surface area contributed by atoms with Crippen molar-refractivity contribution >= 4 is 17.2 Å². The van der Waals surface area contributed by atoms with Crippen LogP contribution in [0.4, 0.5) is 5.69 Å². The van der Waals surface area contributed by atoms with Crippen LogP contribution < -0.4 is 5.32 Å². The number of rotatable bonds is 3. The molecule has 4 nitrogen and oxygen atoms in total. The van der Waals surface area contributed by atoms with Gasteiger partial charge in [0.1, 0.15) is 5.65 Å². The Morgan fingerprint density at radius 1 is 1.21 bits per heavy atom. The molecule has 0 saturated heterocycles. The van der Waals surface area contributed by atoms with Gasteiger partial charge in [0.15, 0.2) is 0 Å². The smallest absolute Gasteiger partial charge is 0.224 e. The zero-order valence-corrected chi connectivity index (χ0v) is 14.6. The van der Waals surface area contributed by atoms with Crippen LogP contribution >= 0.6 is 0 Å². The van der Waals surface area contributed by atoms with Crippen molar-refractivity contribution in [2.75, 3.05) is 5.32 Å². The molecule has 3 rings (SSSR count). The van der Waals surface area contributed by atoms with Crippen molar-refractivity contribution in [3.05, 3.63) is 54.4 Å². The molecular weight excluding hydrogens is 298 g/mol. The van der Waals surface area contributed by atoms with Crippen LogP contribution in [0.5, 0.6) is 0 Å². The Morgan fingerprint density at radius 2 is 2.00 bits per heavy atom. The molecule has 1 N–H and O–H groups in total. The topological polar surface area (TPSA) is 46.4 Å². The number of aromatic nitrogens is 2. The second kappa shape index (κ2) is 6.11. The molecule has 0 fully saturated rings. The number of fused-ring (bicyclic) bond motifs is 1. The maximum absolute atomic E-state index is 12.1. The highest BCUT2D eigenvalue weighted by Crippen LogP contribution is 2.24. The van der Waals surface area contributed by atoms with Gasteiger partial charge in [0.2, 0.25) is 5.91 Å². The molecule has 4 heteroatoms. The summed E-state index contributed by atoms with van der Waals surface area (Å²) in [7, 11) is 0. The molecule has 2 heterocycles. The van der Waals surface area contributed by atoms with E-state index in [9.17, 15) is 4.79 Å². The number of imidazole rings is 1. The summed E-state index contributed by atoms with van der Waals surface area (Å²) >= 11 is 0. The number of benzene rings is 1. The number of hydrogen-bond acceptors (Lipinski definition) is 2. The highest BCUT2D eigenvalue weighted by Gasteiger charge is 2.16. The van der Waals surface area contributed by atoms with E-state index in [1.807, 2.05) is 41.1 Å². The summed E-state index contributed by atoms with van der Waals surface area (Å²) < 4.78 is 2.01. The van der Waals surface area contributed by atoms with Gasteiger partial charge in [-0.2, -0.15) is 0 Å². The third-order valence-electron chi connectivity index (χ3n) is 3.75. The number of pyridine rings is 1. The van der Waals surface area contributed by atoms with Gasteiger partial charge in [0, 0.05) is 30.1 Å². The molecule has 0 spiro atoms.